The van der Waals surface area contributed by atoms with Gasteiger partial charge in [-0.3, -0.25) is 0 Å². The second kappa shape index (κ2) is 9.30. The molecule has 1 saturated heterocycles. The van der Waals surface area contributed by atoms with Crippen LogP contribution in [0.3, 0.4) is 0 Å². The van der Waals surface area contributed by atoms with Crippen molar-refractivity contribution >= 4 is 49.3 Å². The van der Waals surface area contributed by atoms with Gasteiger partial charge in [-0.1, -0.05) is 65.6 Å². The Bertz CT molecular complexity index is 1240. The van der Waals surface area contributed by atoms with E-state index in [1.54, 1.807) is 17.8 Å². The summed E-state index contributed by atoms with van der Waals surface area (Å²) in [6.45, 7) is 2.97. The minimum atomic E-state index is -0.229. The first-order valence-electron chi connectivity index (χ1n) is 10.6. The minimum Gasteiger partial charge on any atom is -0.361 e. The van der Waals surface area contributed by atoms with Crippen LogP contribution in [-0.4, -0.2) is 22.7 Å². The van der Waals surface area contributed by atoms with E-state index in [1.807, 2.05) is 6.07 Å². The Balaban J connectivity index is 1.17. The zero-order valence-electron chi connectivity index (χ0n) is 17.6. The molecule has 1 aliphatic rings. The Hall–Kier alpha value is -2.90. The molecule has 162 valence electrons. The summed E-state index contributed by atoms with van der Waals surface area (Å²) in [7, 11) is 0. The maximum absolute atomic E-state index is 13.3. The number of halogens is 1. The van der Waals surface area contributed by atoms with Gasteiger partial charge in [-0.05, 0) is 54.8 Å². The number of benzene rings is 3. The summed E-state index contributed by atoms with van der Waals surface area (Å²) in [4.78, 5) is 9.30. The number of nitrogens with one attached hydrogen (secondary N) is 2. The van der Waals surface area contributed by atoms with Crippen molar-refractivity contribution in [2.75, 3.05) is 11.9 Å². The molecule has 0 radical (unpaired) electrons. The molecule has 7 heteroatoms. The van der Waals surface area contributed by atoms with E-state index in [0.717, 1.165) is 39.2 Å². The van der Waals surface area contributed by atoms with Gasteiger partial charge in [0.05, 0.1) is 21.2 Å². The number of hydrogen-bond acceptors (Lipinski definition) is 5. The molecule has 1 unspecified atom stereocenters. The second-order valence-electron chi connectivity index (χ2n) is 7.77. The molecule has 5 rings (SSSR count). The topological polar surface area (TPSA) is 49.3 Å². The molecule has 2 N–H and O–H groups in total. The quantitative estimate of drug-likeness (QED) is 0.341. The molecule has 4 aromatic rings. The van der Waals surface area contributed by atoms with E-state index in [2.05, 4.69) is 71.1 Å². The fraction of sp³-hybridized carbons (Fsp3) is 0.200. The van der Waals surface area contributed by atoms with Crippen molar-refractivity contribution in [1.29, 1.82) is 0 Å². The molecule has 1 aliphatic heterocycles. The molecule has 3 aromatic carbocycles. The van der Waals surface area contributed by atoms with Crippen LogP contribution in [0, 0.1) is 5.82 Å². The number of amidine groups is 1. The van der Waals surface area contributed by atoms with E-state index < -0.39 is 0 Å². The van der Waals surface area contributed by atoms with E-state index in [9.17, 15) is 4.39 Å². The van der Waals surface area contributed by atoms with Gasteiger partial charge in [0.2, 0.25) is 0 Å². The zero-order chi connectivity index (χ0) is 21.9. The van der Waals surface area contributed by atoms with Gasteiger partial charge in [-0.25, -0.2) is 14.4 Å². The highest BCUT2D eigenvalue weighted by Gasteiger charge is 2.29. The Morgan fingerprint density at radius 1 is 1.06 bits per heavy atom. The number of nitrogens with zero attached hydrogens (tertiary/aromatic N) is 2. The summed E-state index contributed by atoms with van der Waals surface area (Å²) in [5.74, 6) is -0.229. The summed E-state index contributed by atoms with van der Waals surface area (Å²) < 4.78 is 14.2. The summed E-state index contributed by atoms with van der Waals surface area (Å²) in [5, 5.41) is 9.01. The Morgan fingerprint density at radius 3 is 2.69 bits per heavy atom. The third-order valence-electron chi connectivity index (χ3n) is 5.38. The minimum absolute atomic E-state index is 0.229. The lowest BCUT2D eigenvalue weighted by Crippen LogP contribution is -2.24. The highest BCUT2D eigenvalue weighted by atomic mass is 32.2. The van der Waals surface area contributed by atoms with E-state index in [1.165, 1.54) is 34.6 Å². The third-order valence-corrected chi connectivity index (χ3v) is 7.72. The molecule has 0 bridgehead atoms. The summed E-state index contributed by atoms with van der Waals surface area (Å²) in [5.41, 5.74) is 4.33. The summed E-state index contributed by atoms with van der Waals surface area (Å²) in [6, 6.07) is 23.9. The van der Waals surface area contributed by atoms with Crippen molar-refractivity contribution in [2.24, 2.45) is 4.99 Å². The van der Waals surface area contributed by atoms with Crippen molar-refractivity contribution < 1.29 is 4.39 Å². The Kier molecular flexibility index (Phi) is 6.10. The van der Waals surface area contributed by atoms with Gasteiger partial charge in [-0.2, -0.15) is 0 Å². The van der Waals surface area contributed by atoms with Crippen LogP contribution in [0.1, 0.15) is 23.3 Å². The molecule has 0 spiro atoms. The first-order valence-corrected chi connectivity index (χ1v) is 12.3. The predicted octanol–water partition coefficient (Wildman–Crippen LogP) is 6.54. The van der Waals surface area contributed by atoms with Crippen LogP contribution in [0.25, 0.3) is 10.2 Å². The lowest BCUT2D eigenvalue weighted by Gasteiger charge is -2.12. The molecule has 1 aromatic heterocycles. The van der Waals surface area contributed by atoms with Crippen molar-refractivity contribution in [1.82, 2.24) is 10.3 Å². The van der Waals surface area contributed by atoms with Crippen molar-refractivity contribution in [3.63, 3.8) is 0 Å². The Labute approximate surface area is 195 Å². The van der Waals surface area contributed by atoms with Gasteiger partial charge in [-0.15, -0.1) is 0 Å². The average molecular weight is 463 g/mol. The number of fused-ring (bicyclic) bond motifs is 1. The van der Waals surface area contributed by atoms with Crippen LogP contribution >= 0.6 is 23.1 Å². The zero-order valence-corrected chi connectivity index (χ0v) is 19.2. The molecule has 0 amide bonds. The van der Waals surface area contributed by atoms with Crippen LogP contribution in [0.2, 0.25) is 0 Å². The highest BCUT2D eigenvalue weighted by molar-refractivity contribution is 8.14. The summed E-state index contributed by atoms with van der Waals surface area (Å²) >= 11 is 3.26. The Morgan fingerprint density at radius 2 is 1.88 bits per heavy atom. The third kappa shape index (κ3) is 4.79. The normalized spacial score (nSPS) is 19.4. The predicted molar refractivity (Wildman–Crippen MR) is 135 cm³/mol. The lowest BCUT2D eigenvalue weighted by atomic mass is 10.1. The number of aliphatic imine (C=N–C) groups is 1. The van der Waals surface area contributed by atoms with Crippen LogP contribution < -0.4 is 10.6 Å². The molecule has 0 aliphatic carbocycles. The average Bonchev–Trinajstić information content (AvgIpc) is 3.37. The van der Waals surface area contributed by atoms with Gasteiger partial charge in [0.25, 0.3) is 0 Å². The van der Waals surface area contributed by atoms with Gasteiger partial charge in [0.1, 0.15) is 5.82 Å². The van der Waals surface area contributed by atoms with E-state index in [0.29, 0.717) is 11.3 Å². The molecule has 2 atom stereocenters. The van der Waals surface area contributed by atoms with Crippen molar-refractivity contribution in [3.05, 3.63) is 89.7 Å². The van der Waals surface area contributed by atoms with Gasteiger partial charge < -0.3 is 10.6 Å². The smallest absolute Gasteiger partial charge is 0.183 e. The van der Waals surface area contributed by atoms with Crippen LogP contribution in [0.5, 0.6) is 0 Å². The fourth-order valence-corrected chi connectivity index (χ4v) is 5.86. The van der Waals surface area contributed by atoms with Crippen LogP contribution in [0.15, 0.2) is 77.8 Å². The molecule has 1 fully saturated rings. The van der Waals surface area contributed by atoms with E-state index in [4.69, 9.17) is 4.99 Å². The number of hydrogen-bond donors (Lipinski definition) is 2. The maximum atomic E-state index is 13.3. The van der Waals surface area contributed by atoms with Crippen molar-refractivity contribution in [2.45, 2.75) is 24.6 Å². The number of rotatable bonds is 6. The molecule has 32 heavy (non-hydrogen) atoms. The molecule has 4 nitrogen and oxygen atoms in total. The number of aromatic nitrogens is 1. The first-order chi connectivity index (χ1) is 15.6. The standard InChI is InChI=1S/C25H23FN4S2/c1-16-23(18-5-3-2-4-6-18)32-25(28-16)29-20-10-7-17(8-11-20)13-14-27-24-30-21-12-9-19(26)15-22(21)31-24/h2-12,15-16,23H,13-14H2,1H3,(H,27,30)(H,28,29)/t16-,23?/m0/s1. The van der Waals surface area contributed by atoms with Gasteiger partial charge >= 0.3 is 0 Å². The fourth-order valence-electron chi connectivity index (χ4n) is 3.73. The van der Waals surface area contributed by atoms with Crippen LogP contribution in [-0.2, 0) is 6.42 Å². The highest BCUT2D eigenvalue weighted by Crippen LogP contribution is 2.38. The van der Waals surface area contributed by atoms with Crippen molar-refractivity contribution in [3.8, 4) is 0 Å². The van der Waals surface area contributed by atoms with Crippen LogP contribution in [0.4, 0.5) is 15.2 Å². The van der Waals surface area contributed by atoms with Gasteiger partial charge in [0, 0.05) is 12.6 Å². The number of thioether (sulfide) groups is 1. The first kappa shape index (κ1) is 21.0. The molecule has 0 saturated carbocycles. The SMILES string of the molecule is C[C@@H]1N/C(=N/c2ccc(CCNc3nc4ccc(F)cc4s3)cc2)SC1c1ccccc1. The summed E-state index contributed by atoms with van der Waals surface area (Å²) in [6.07, 6.45) is 0.876. The lowest BCUT2D eigenvalue weighted by molar-refractivity contribution is 0.630. The molecular formula is C25H23FN4S2. The largest absolute Gasteiger partial charge is 0.361 e. The maximum Gasteiger partial charge on any atom is 0.183 e. The van der Waals surface area contributed by atoms with E-state index >= 15 is 0 Å². The monoisotopic (exact) mass is 462 g/mol. The molecule has 2 heterocycles. The van der Waals surface area contributed by atoms with E-state index in [-0.39, 0.29) is 5.82 Å². The number of anilines is 1. The molecular weight excluding hydrogens is 439 g/mol. The number of thiazole rings is 1. The van der Waals surface area contributed by atoms with Gasteiger partial charge in [0.15, 0.2) is 10.3 Å². The second-order valence-corrected chi connectivity index (χ2v) is 9.93.